The number of hydrogen-bond donors (Lipinski definition) is 2. The van der Waals surface area contributed by atoms with Crippen LogP contribution in [0.15, 0.2) is 0 Å². The topological polar surface area (TPSA) is 24.1 Å². The molecule has 2 N–H and O–H groups in total. The van der Waals surface area contributed by atoms with Crippen molar-refractivity contribution in [2.75, 3.05) is 19.6 Å². The van der Waals surface area contributed by atoms with Gasteiger partial charge in [0.2, 0.25) is 0 Å². The molecule has 0 aromatic carbocycles. The maximum atomic E-state index is 3.65. The number of piperidine rings is 1. The summed E-state index contributed by atoms with van der Waals surface area (Å²) in [5, 5.41) is 7.17. The summed E-state index contributed by atoms with van der Waals surface area (Å²) in [6.07, 6.45) is 9.71. The van der Waals surface area contributed by atoms with Gasteiger partial charge in [-0.25, -0.2) is 0 Å². The highest BCUT2D eigenvalue weighted by Gasteiger charge is 2.17. The summed E-state index contributed by atoms with van der Waals surface area (Å²) in [6, 6.07) is 0.724. The minimum atomic E-state index is 0.724. The van der Waals surface area contributed by atoms with E-state index in [1.54, 1.807) is 0 Å². The van der Waals surface area contributed by atoms with Gasteiger partial charge >= 0.3 is 0 Å². The van der Waals surface area contributed by atoms with E-state index in [2.05, 4.69) is 31.4 Å². The Morgan fingerprint density at radius 3 is 2.67 bits per heavy atom. The zero-order valence-corrected chi connectivity index (χ0v) is 12.8. The zero-order valence-electron chi connectivity index (χ0n) is 12.8. The Kier molecular flexibility index (Phi) is 8.70. The second-order valence-electron chi connectivity index (χ2n) is 6.55. The van der Waals surface area contributed by atoms with Gasteiger partial charge in [0.15, 0.2) is 0 Å². The summed E-state index contributed by atoms with van der Waals surface area (Å²) in [5.74, 6) is 1.78. The van der Waals surface area contributed by atoms with Crippen molar-refractivity contribution in [2.24, 2.45) is 11.8 Å². The smallest absolute Gasteiger partial charge is 0.00418 e. The van der Waals surface area contributed by atoms with E-state index in [9.17, 15) is 0 Å². The average Bonchev–Trinajstić information content (AvgIpc) is 2.32. The van der Waals surface area contributed by atoms with Gasteiger partial charge < -0.3 is 10.6 Å². The molecular formula is C16H34N2. The molecule has 1 heterocycles. The van der Waals surface area contributed by atoms with E-state index in [1.165, 1.54) is 64.6 Å². The Morgan fingerprint density at radius 1 is 1.17 bits per heavy atom. The second-order valence-corrected chi connectivity index (χ2v) is 6.55. The fourth-order valence-corrected chi connectivity index (χ4v) is 2.88. The molecule has 18 heavy (non-hydrogen) atoms. The molecule has 0 amide bonds. The Balaban J connectivity index is 1.83. The molecular weight excluding hydrogens is 220 g/mol. The van der Waals surface area contributed by atoms with Gasteiger partial charge in [0.25, 0.3) is 0 Å². The Bertz CT molecular complexity index is 192. The van der Waals surface area contributed by atoms with Gasteiger partial charge in [0.05, 0.1) is 0 Å². The second kappa shape index (κ2) is 9.80. The van der Waals surface area contributed by atoms with Crippen LogP contribution in [0, 0.1) is 11.8 Å². The third-order valence-electron chi connectivity index (χ3n) is 4.05. The Labute approximate surface area is 114 Å². The molecule has 0 aromatic heterocycles. The molecule has 0 aromatic rings. The van der Waals surface area contributed by atoms with Gasteiger partial charge in [-0.3, -0.25) is 0 Å². The fraction of sp³-hybridized carbons (Fsp3) is 1.00. The van der Waals surface area contributed by atoms with E-state index >= 15 is 0 Å². The molecule has 0 radical (unpaired) electrons. The molecule has 2 unspecified atom stereocenters. The van der Waals surface area contributed by atoms with Gasteiger partial charge in [-0.05, 0) is 57.7 Å². The van der Waals surface area contributed by atoms with Crippen molar-refractivity contribution in [3.05, 3.63) is 0 Å². The van der Waals surface area contributed by atoms with Crippen LogP contribution in [0.5, 0.6) is 0 Å². The summed E-state index contributed by atoms with van der Waals surface area (Å²) in [5.41, 5.74) is 0. The predicted molar refractivity (Wildman–Crippen MR) is 81.0 cm³/mol. The highest BCUT2D eigenvalue weighted by atomic mass is 14.9. The molecule has 1 rings (SSSR count). The van der Waals surface area contributed by atoms with Gasteiger partial charge in [-0.1, -0.05) is 39.5 Å². The van der Waals surface area contributed by atoms with Crippen molar-refractivity contribution >= 4 is 0 Å². The van der Waals surface area contributed by atoms with Crippen LogP contribution < -0.4 is 10.6 Å². The molecule has 1 saturated heterocycles. The van der Waals surface area contributed by atoms with Crippen LogP contribution in [0.3, 0.4) is 0 Å². The van der Waals surface area contributed by atoms with Gasteiger partial charge in [-0.2, -0.15) is 0 Å². The van der Waals surface area contributed by atoms with Crippen LogP contribution in [-0.2, 0) is 0 Å². The number of rotatable bonds is 9. The molecule has 1 aliphatic heterocycles. The summed E-state index contributed by atoms with van der Waals surface area (Å²) in [7, 11) is 0. The first-order chi connectivity index (χ1) is 8.68. The van der Waals surface area contributed by atoms with Crippen molar-refractivity contribution in [2.45, 2.75) is 71.8 Å². The lowest BCUT2D eigenvalue weighted by molar-refractivity contribution is 0.304. The van der Waals surface area contributed by atoms with Crippen molar-refractivity contribution in [3.63, 3.8) is 0 Å². The van der Waals surface area contributed by atoms with Crippen molar-refractivity contribution in [1.29, 1.82) is 0 Å². The van der Waals surface area contributed by atoms with Crippen LogP contribution in [0.4, 0.5) is 0 Å². The highest BCUT2D eigenvalue weighted by molar-refractivity contribution is 4.76. The monoisotopic (exact) mass is 254 g/mol. The maximum absolute atomic E-state index is 3.65. The SMILES string of the molecule is CC(C)CCCCCCNCC1CCNC(C)C1. The minimum absolute atomic E-state index is 0.724. The summed E-state index contributed by atoms with van der Waals surface area (Å²) in [6.45, 7) is 10.6. The molecule has 0 bridgehead atoms. The van der Waals surface area contributed by atoms with Crippen molar-refractivity contribution < 1.29 is 0 Å². The van der Waals surface area contributed by atoms with E-state index in [0.29, 0.717) is 0 Å². The first-order valence-corrected chi connectivity index (χ1v) is 8.12. The minimum Gasteiger partial charge on any atom is -0.316 e. The molecule has 1 aliphatic rings. The fourth-order valence-electron chi connectivity index (χ4n) is 2.88. The number of hydrogen-bond acceptors (Lipinski definition) is 2. The molecule has 0 saturated carbocycles. The Morgan fingerprint density at radius 2 is 1.94 bits per heavy atom. The summed E-state index contributed by atoms with van der Waals surface area (Å²) >= 11 is 0. The van der Waals surface area contributed by atoms with Crippen LogP contribution in [0.25, 0.3) is 0 Å². The lowest BCUT2D eigenvalue weighted by Crippen LogP contribution is -2.39. The van der Waals surface area contributed by atoms with E-state index in [4.69, 9.17) is 0 Å². The standard InChI is InChI=1S/C16H34N2/c1-14(2)8-6-4-5-7-10-17-13-16-9-11-18-15(3)12-16/h14-18H,4-13H2,1-3H3. The van der Waals surface area contributed by atoms with Crippen LogP contribution in [0.1, 0.15) is 65.7 Å². The van der Waals surface area contributed by atoms with Crippen LogP contribution in [0.2, 0.25) is 0 Å². The van der Waals surface area contributed by atoms with Gasteiger partial charge in [0, 0.05) is 6.04 Å². The summed E-state index contributed by atoms with van der Waals surface area (Å²) < 4.78 is 0. The third kappa shape index (κ3) is 8.10. The quantitative estimate of drug-likeness (QED) is 0.615. The van der Waals surface area contributed by atoms with E-state index < -0.39 is 0 Å². The molecule has 0 aliphatic carbocycles. The molecule has 2 nitrogen and oxygen atoms in total. The average molecular weight is 254 g/mol. The maximum Gasteiger partial charge on any atom is 0.00418 e. The summed E-state index contributed by atoms with van der Waals surface area (Å²) in [4.78, 5) is 0. The highest BCUT2D eigenvalue weighted by Crippen LogP contribution is 2.14. The molecule has 2 heteroatoms. The lowest BCUT2D eigenvalue weighted by atomic mass is 9.93. The van der Waals surface area contributed by atoms with Crippen LogP contribution >= 0.6 is 0 Å². The zero-order chi connectivity index (χ0) is 13.2. The molecule has 0 spiro atoms. The first-order valence-electron chi connectivity index (χ1n) is 8.12. The normalized spacial score (nSPS) is 24.7. The Hall–Kier alpha value is -0.0800. The lowest BCUT2D eigenvalue weighted by Gasteiger charge is -2.28. The van der Waals surface area contributed by atoms with Crippen molar-refractivity contribution in [1.82, 2.24) is 10.6 Å². The van der Waals surface area contributed by atoms with E-state index in [1.807, 2.05) is 0 Å². The first kappa shape index (κ1) is 16.0. The number of unbranched alkanes of at least 4 members (excludes halogenated alkanes) is 3. The largest absolute Gasteiger partial charge is 0.316 e. The van der Waals surface area contributed by atoms with Gasteiger partial charge in [0.1, 0.15) is 0 Å². The third-order valence-corrected chi connectivity index (χ3v) is 4.05. The van der Waals surface area contributed by atoms with Crippen LogP contribution in [-0.4, -0.2) is 25.7 Å². The molecule has 1 fully saturated rings. The predicted octanol–water partition coefficient (Wildman–Crippen LogP) is 3.57. The number of nitrogens with one attached hydrogen (secondary N) is 2. The molecule has 108 valence electrons. The molecule has 2 atom stereocenters. The van der Waals surface area contributed by atoms with Crippen molar-refractivity contribution in [3.8, 4) is 0 Å². The van der Waals surface area contributed by atoms with E-state index in [-0.39, 0.29) is 0 Å². The van der Waals surface area contributed by atoms with E-state index in [0.717, 1.165) is 17.9 Å². The van der Waals surface area contributed by atoms with Gasteiger partial charge in [-0.15, -0.1) is 0 Å².